The number of hydrogen-bond donors (Lipinski definition) is 0. The predicted octanol–water partition coefficient (Wildman–Crippen LogP) is 6.29. The number of rotatable bonds is 3. The number of amides is 1. The van der Waals surface area contributed by atoms with Gasteiger partial charge in [-0.15, -0.1) is 0 Å². The van der Waals surface area contributed by atoms with E-state index in [-0.39, 0.29) is 23.3 Å². The molecule has 4 nitrogen and oxygen atoms in total. The Bertz CT molecular complexity index is 1450. The van der Waals surface area contributed by atoms with Crippen molar-refractivity contribution in [3.05, 3.63) is 115 Å². The molecule has 0 spiro atoms. The van der Waals surface area contributed by atoms with Crippen LogP contribution >= 0.6 is 23.2 Å². The zero-order valence-corrected chi connectivity index (χ0v) is 18.4. The largest absolute Gasteiger partial charge is 0.450 e. The molecule has 1 aliphatic heterocycles. The van der Waals surface area contributed by atoms with E-state index >= 15 is 0 Å². The standard InChI is InChI=1S/C25H16Cl2FNO3/c1-13-10-20-17(11-19(13)27)23(30)21-22(14-6-8-16(28)9-7-14)29(25(31)24(21)32-20)12-15-4-2-3-5-18(15)26/h2-11,22H,12H2,1H3. The Morgan fingerprint density at radius 3 is 2.44 bits per heavy atom. The first-order valence-corrected chi connectivity index (χ1v) is 10.7. The lowest BCUT2D eigenvalue weighted by Gasteiger charge is -2.25. The average Bonchev–Trinajstić information content (AvgIpc) is 3.04. The molecule has 0 bridgehead atoms. The predicted molar refractivity (Wildman–Crippen MR) is 122 cm³/mol. The van der Waals surface area contributed by atoms with Gasteiger partial charge in [-0.25, -0.2) is 4.39 Å². The molecule has 1 amide bonds. The minimum atomic E-state index is -0.755. The van der Waals surface area contributed by atoms with Crippen LogP contribution < -0.4 is 5.43 Å². The van der Waals surface area contributed by atoms with Crippen LogP contribution in [0.4, 0.5) is 4.39 Å². The molecule has 0 fully saturated rings. The smallest absolute Gasteiger partial charge is 0.291 e. The molecule has 4 aromatic rings. The quantitative estimate of drug-likeness (QED) is 0.355. The van der Waals surface area contributed by atoms with E-state index in [0.717, 1.165) is 11.1 Å². The lowest BCUT2D eigenvalue weighted by molar-refractivity contribution is 0.0714. The Kier molecular flexibility index (Phi) is 5.03. The van der Waals surface area contributed by atoms with Crippen molar-refractivity contribution in [3.63, 3.8) is 0 Å². The molecular weight excluding hydrogens is 452 g/mol. The maximum Gasteiger partial charge on any atom is 0.291 e. The number of carbonyl (C=O) groups is 1. The summed E-state index contributed by atoms with van der Waals surface area (Å²) in [6.07, 6.45) is 0. The van der Waals surface area contributed by atoms with E-state index < -0.39 is 17.8 Å². The van der Waals surface area contributed by atoms with Crippen molar-refractivity contribution in [1.82, 2.24) is 4.90 Å². The highest BCUT2D eigenvalue weighted by atomic mass is 35.5. The fraction of sp³-hybridized carbons (Fsp3) is 0.120. The highest BCUT2D eigenvalue weighted by Gasteiger charge is 2.43. The molecule has 0 saturated heterocycles. The molecule has 0 saturated carbocycles. The topological polar surface area (TPSA) is 50.5 Å². The molecule has 1 unspecified atom stereocenters. The van der Waals surface area contributed by atoms with Gasteiger partial charge in [-0.05, 0) is 53.9 Å². The van der Waals surface area contributed by atoms with Crippen molar-refractivity contribution in [2.24, 2.45) is 0 Å². The Labute approximate surface area is 192 Å². The van der Waals surface area contributed by atoms with Crippen molar-refractivity contribution in [2.75, 3.05) is 0 Å². The lowest BCUT2D eigenvalue weighted by Crippen LogP contribution is -2.29. The fourth-order valence-electron chi connectivity index (χ4n) is 4.11. The third kappa shape index (κ3) is 3.29. The molecule has 0 aliphatic carbocycles. The van der Waals surface area contributed by atoms with Gasteiger partial charge in [0.25, 0.3) is 5.91 Å². The van der Waals surface area contributed by atoms with Crippen LogP contribution in [0.25, 0.3) is 11.0 Å². The molecule has 1 atom stereocenters. The van der Waals surface area contributed by atoms with Crippen LogP contribution in [0.2, 0.25) is 10.0 Å². The molecule has 3 aromatic carbocycles. The molecule has 0 N–H and O–H groups in total. The van der Waals surface area contributed by atoms with Crippen molar-refractivity contribution in [1.29, 1.82) is 0 Å². The van der Waals surface area contributed by atoms with E-state index in [1.54, 1.807) is 43.3 Å². The molecule has 1 aliphatic rings. The summed E-state index contributed by atoms with van der Waals surface area (Å²) in [6.45, 7) is 1.95. The molecule has 1 aromatic heterocycles. The summed E-state index contributed by atoms with van der Waals surface area (Å²) >= 11 is 12.6. The van der Waals surface area contributed by atoms with Crippen LogP contribution in [0, 0.1) is 12.7 Å². The van der Waals surface area contributed by atoms with E-state index in [1.807, 2.05) is 12.1 Å². The summed E-state index contributed by atoms with van der Waals surface area (Å²) in [5.41, 5.74) is 2.21. The van der Waals surface area contributed by atoms with Crippen LogP contribution in [0.5, 0.6) is 0 Å². The molecule has 0 radical (unpaired) electrons. The fourth-order valence-corrected chi connectivity index (χ4v) is 4.46. The van der Waals surface area contributed by atoms with E-state index in [9.17, 15) is 14.0 Å². The second kappa shape index (κ2) is 7.76. The van der Waals surface area contributed by atoms with Crippen molar-refractivity contribution >= 4 is 40.1 Å². The van der Waals surface area contributed by atoms with Crippen molar-refractivity contribution in [2.45, 2.75) is 19.5 Å². The Morgan fingerprint density at radius 1 is 1.00 bits per heavy atom. The number of aryl methyl sites for hydroxylation is 1. The zero-order valence-electron chi connectivity index (χ0n) is 16.9. The highest BCUT2D eigenvalue weighted by molar-refractivity contribution is 6.32. The number of carbonyl (C=O) groups excluding carboxylic acids is 1. The van der Waals surface area contributed by atoms with Gasteiger partial charge < -0.3 is 9.32 Å². The first-order valence-electron chi connectivity index (χ1n) is 9.92. The van der Waals surface area contributed by atoms with Gasteiger partial charge in [-0.2, -0.15) is 0 Å². The summed E-state index contributed by atoms with van der Waals surface area (Å²) in [4.78, 5) is 28.5. The maximum absolute atomic E-state index is 13.6. The van der Waals surface area contributed by atoms with Crippen LogP contribution in [0.15, 0.2) is 69.9 Å². The molecule has 2 heterocycles. The third-order valence-corrected chi connectivity index (χ3v) is 6.51. The second-order valence-electron chi connectivity index (χ2n) is 7.75. The van der Waals surface area contributed by atoms with Gasteiger partial charge in [-0.1, -0.05) is 53.5 Å². The van der Waals surface area contributed by atoms with Gasteiger partial charge in [0, 0.05) is 16.6 Å². The molecule has 160 valence electrons. The number of fused-ring (bicyclic) bond motifs is 2. The van der Waals surface area contributed by atoms with Gasteiger partial charge in [0.1, 0.15) is 11.4 Å². The minimum absolute atomic E-state index is 0.0226. The van der Waals surface area contributed by atoms with Gasteiger partial charge in [0.15, 0.2) is 5.43 Å². The van der Waals surface area contributed by atoms with Gasteiger partial charge in [0.05, 0.1) is 17.0 Å². The van der Waals surface area contributed by atoms with Gasteiger partial charge in [-0.3, -0.25) is 9.59 Å². The van der Waals surface area contributed by atoms with Crippen LogP contribution in [0.1, 0.15) is 38.9 Å². The maximum atomic E-state index is 13.6. The van der Waals surface area contributed by atoms with Crippen molar-refractivity contribution in [3.8, 4) is 0 Å². The number of benzene rings is 3. The summed E-state index contributed by atoms with van der Waals surface area (Å²) in [7, 11) is 0. The summed E-state index contributed by atoms with van der Waals surface area (Å²) < 4.78 is 19.6. The molecular formula is C25H16Cl2FNO3. The van der Waals surface area contributed by atoms with Crippen molar-refractivity contribution < 1.29 is 13.6 Å². The van der Waals surface area contributed by atoms with E-state index in [2.05, 4.69) is 0 Å². The average molecular weight is 468 g/mol. The van der Waals surface area contributed by atoms with Crippen LogP contribution in [0.3, 0.4) is 0 Å². The summed E-state index contributed by atoms with van der Waals surface area (Å²) in [5.74, 6) is -0.866. The van der Waals surface area contributed by atoms with E-state index in [1.165, 1.54) is 17.0 Å². The Balaban J connectivity index is 1.75. The van der Waals surface area contributed by atoms with E-state index in [0.29, 0.717) is 26.6 Å². The molecule has 7 heteroatoms. The highest BCUT2D eigenvalue weighted by Crippen LogP contribution is 2.40. The normalized spacial score (nSPS) is 15.4. The van der Waals surface area contributed by atoms with Crippen LogP contribution in [-0.2, 0) is 6.54 Å². The third-order valence-electron chi connectivity index (χ3n) is 5.73. The number of hydrogen-bond acceptors (Lipinski definition) is 3. The second-order valence-corrected chi connectivity index (χ2v) is 8.56. The van der Waals surface area contributed by atoms with E-state index in [4.69, 9.17) is 27.6 Å². The summed E-state index contributed by atoms with van der Waals surface area (Å²) in [6, 6.07) is 15.4. The molecule has 5 rings (SSSR count). The number of nitrogens with zero attached hydrogens (tertiary/aromatic N) is 1. The van der Waals surface area contributed by atoms with Gasteiger partial charge >= 0.3 is 0 Å². The monoisotopic (exact) mass is 467 g/mol. The summed E-state index contributed by atoms with van der Waals surface area (Å²) in [5, 5.41) is 1.22. The number of halogens is 3. The Morgan fingerprint density at radius 2 is 1.72 bits per heavy atom. The first kappa shape index (κ1) is 20.7. The Hall–Kier alpha value is -3.15. The lowest BCUT2D eigenvalue weighted by atomic mass is 9.98. The SMILES string of the molecule is Cc1cc2oc3c(c(=O)c2cc1Cl)C(c1ccc(F)cc1)N(Cc1ccccc1Cl)C3=O. The van der Waals surface area contributed by atoms with Crippen LogP contribution in [-0.4, -0.2) is 10.8 Å². The van der Waals surface area contributed by atoms with Gasteiger partial charge in [0.2, 0.25) is 5.76 Å². The molecule has 32 heavy (non-hydrogen) atoms. The minimum Gasteiger partial charge on any atom is -0.450 e. The first-order chi connectivity index (χ1) is 15.3. The zero-order chi connectivity index (χ0) is 22.6.